The van der Waals surface area contributed by atoms with Crippen molar-refractivity contribution in [3.05, 3.63) is 58.7 Å². The smallest absolute Gasteiger partial charge is 0.338 e. The van der Waals surface area contributed by atoms with Crippen molar-refractivity contribution in [2.75, 3.05) is 11.9 Å². The van der Waals surface area contributed by atoms with E-state index in [9.17, 15) is 4.79 Å². The third-order valence-corrected chi connectivity index (χ3v) is 6.25. The van der Waals surface area contributed by atoms with E-state index in [0.717, 1.165) is 30.0 Å². The molecule has 0 amide bonds. The minimum Gasteiger partial charge on any atom is -0.489 e. The monoisotopic (exact) mass is 449 g/mol. The molecule has 2 aromatic carbocycles. The molecule has 178 valence electrons. The average Bonchev–Trinajstić information content (AvgIpc) is 2.74. The molecule has 0 fully saturated rings. The number of ether oxygens (including phenoxy) is 2. The third-order valence-electron chi connectivity index (χ3n) is 6.25. The van der Waals surface area contributed by atoms with Gasteiger partial charge in [0.25, 0.3) is 0 Å². The highest BCUT2D eigenvalue weighted by Crippen LogP contribution is 2.49. The first-order chi connectivity index (χ1) is 15.6. The zero-order valence-electron chi connectivity index (χ0n) is 21.5. The van der Waals surface area contributed by atoms with Crippen LogP contribution in [0, 0.1) is 5.92 Å². The second-order valence-corrected chi connectivity index (χ2v) is 10.00. The predicted octanol–water partition coefficient (Wildman–Crippen LogP) is 7.68. The molecule has 0 atom stereocenters. The SMILES string of the molecule is CCOC(=O)c1ccc(Nc2c(OC(C)C)cc3c(c2CC)C(C(C)C)=CCC3(C)C)cc1. The van der Waals surface area contributed by atoms with Crippen LogP contribution in [0.4, 0.5) is 11.4 Å². The number of rotatable bonds is 8. The minimum atomic E-state index is -0.301. The van der Waals surface area contributed by atoms with Crippen LogP contribution in [-0.4, -0.2) is 18.7 Å². The van der Waals surface area contributed by atoms with Gasteiger partial charge in [0.15, 0.2) is 0 Å². The van der Waals surface area contributed by atoms with Gasteiger partial charge in [0.2, 0.25) is 0 Å². The minimum absolute atomic E-state index is 0.0482. The number of carbonyl (C=O) groups is 1. The number of benzene rings is 2. The summed E-state index contributed by atoms with van der Waals surface area (Å²) in [7, 11) is 0. The van der Waals surface area contributed by atoms with E-state index in [1.807, 2.05) is 19.1 Å². The van der Waals surface area contributed by atoms with E-state index in [1.54, 1.807) is 12.1 Å². The third kappa shape index (κ3) is 5.26. The standard InChI is InChI=1S/C29H39NO3/c1-9-22-26-23(18(3)4)15-16-29(7,8)24(26)17-25(33-19(5)6)27(22)30-21-13-11-20(12-14-21)28(31)32-10-2/h11-15,17-19,30H,9-10,16H2,1-8H3. The number of hydrogen-bond acceptors (Lipinski definition) is 4. The Bertz CT molecular complexity index is 1030. The van der Waals surface area contributed by atoms with Crippen LogP contribution in [0.5, 0.6) is 5.75 Å². The molecule has 0 spiro atoms. The fraction of sp³-hybridized carbons (Fsp3) is 0.483. The Morgan fingerprint density at radius 2 is 1.76 bits per heavy atom. The number of esters is 1. The molecule has 1 N–H and O–H groups in total. The van der Waals surface area contributed by atoms with Gasteiger partial charge in [-0.3, -0.25) is 0 Å². The predicted molar refractivity (Wildman–Crippen MR) is 138 cm³/mol. The first-order valence-corrected chi connectivity index (χ1v) is 12.2. The number of allylic oxidation sites excluding steroid dienone is 2. The second-order valence-electron chi connectivity index (χ2n) is 10.00. The van der Waals surface area contributed by atoms with Crippen molar-refractivity contribution < 1.29 is 14.3 Å². The molecule has 4 nitrogen and oxygen atoms in total. The van der Waals surface area contributed by atoms with Crippen LogP contribution >= 0.6 is 0 Å². The van der Waals surface area contributed by atoms with E-state index in [4.69, 9.17) is 9.47 Å². The van der Waals surface area contributed by atoms with Crippen molar-refractivity contribution in [1.82, 2.24) is 0 Å². The normalized spacial score (nSPS) is 14.7. The molecule has 0 aliphatic heterocycles. The van der Waals surface area contributed by atoms with Crippen molar-refractivity contribution in [3.63, 3.8) is 0 Å². The van der Waals surface area contributed by atoms with Crippen LogP contribution in [0.1, 0.15) is 88.9 Å². The van der Waals surface area contributed by atoms with Gasteiger partial charge in [-0.1, -0.05) is 40.7 Å². The van der Waals surface area contributed by atoms with Crippen molar-refractivity contribution in [2.24, 2.45) is 5.92 Å². The van der Waals surface area contributed by atoms with Gasteiger partial charge in [-0.25, -0.2) is 4.79 Å². The van der Waals surface area contributed by atoms with E-state index in [0.29, 0.717) is 18.1 Å². The Kier molecular flexibility index (Phi) is 7.56. The maximum atomic E-state index is 12.0. The first-order valence-electron chi connectivity index (χ1n) is 12.2. The summed E-state index contributed by atoms with van der Waals surface area (Å²) in [4.78, 5) is 12.0. The number of fused-ring (bicyclic) bond motifs is 1. The van der Waals surface area contributed by atoms with Crippen LogP contribution in [0.2, 0.25) is 0 Å². The summed E-state index contributed by atoms with van der Waals surface area (Å²) in [5, 5.41) is 3.63. The number of anilines is 2. The fourth-order valence-electron chi connectivity index (χ4n) is 4.56. The molecule has 0 radical (unpaired) electrons. The van der Waals surface area contributed by atoms with Gasteiger partial charge < -0.3 is 14.8 Å². The van der Waals surface area contributed by atoms with Crippen LogP contribution in [-0.2, 0) is 16.6 Å². The highest BCUT2D eigenvalue weighted by molar-refractivity contribution is 5.90. The lowest BCUT2D eigenvalue weighted by atomic mass is 9.69. The van der Waals surface area contributed by atoms with Gasteiger partial charge in [0, 0.05) is 5.69 Å². The van der Waals surface area contributed by atoms with Gasteiger partial charge in [-0.15, -0.1) is 0 Å². The highest BCUT2D eigenvalue weighted by atomic mass is 16.5. The maximum Gasteiger partial charge on any atom is 0.338 e. The lowest BCUT2D eigenvalue weighted by Crippen LogP contribution is -2.25. The Balaban J connectivity index is 2.15. The molecule has 1 aliphatic rings. The topological polar surface area (TPSA) is 47.6 Å². The summed E-state index contributed by atoms with van der Waals surface area (Å²) >= 11 is 0. The first kappa shape index (κ1) is 24.9. The van der Waals surface area contributed by atoms with Gasteiger partial charge in [0.05, 0.1) is 24.0 Å². The van der Waals surface area contributed by atoms with Gasteiger partial charge in [-0.05, 0) is 97.5 Å². The van der Waals surface area contributed by atoms with Crippen molar-refractivity contribution in [2.45, 2.75) is 79.8 Å². The van der Waals surface area contributed by atoms with Crippen molar-refractivity contribution in [3.8, 4) is 5.75 Å². The molecule has 0 heterocycles. The van der Waals surface area contributed by atoms with Gasteiger partial charge in [0.1, 0.15) is 5.75 Å². The van der Waals surface area contributed by atoms with Crippen molar-refractivity contribution >= 4 is 22.9 Å². The molecule has 0 saturated heterocycles. The molecule has 0 unspecified atom stereocenters. The molecule has 1 aliphatic carbocycles. The fourth-order valence-corrected chi connectivity index (χ4v) is 4.56. The van der Waals surface area contributed by atoms with E-state index < -0.39 is 0 Å². The molecule has 3 rings (SSSR count). The second kappa shape index (κ2) is 10.0. The quantitative estimate of drug-likeness (QED) is 0.420. The van der Waals surface area contributed by atoms with E-state index in [2.05, 4.69) is 65.9 Å². The van der Waals surface area contributed by atoms with Gasteiger partial charge >= 0.3 is 5.97 Å². The Labute approximate surface area is 199 Å². The lowest BCUT2D eigenvalue weighted by Gasteiger charge is -2.36. The zero-order chi connectivity index (χ0) is 24.3. The van der Waals surface area contributed by atoms with Crippen LogP contribution in [0.3, 0.4) is 0 Å². The highest BCUT2D eigenvalue weighted by Gasteiger charge is 2.33. The van der Waals surface area contributed by atoms with Crippen molar-refractivity contribution in [1.29, 1.82) is 0 Å². The van der Waals surface area contributed by atoms with Crippen LogP contribution < -0.4 is 10.1 Å². The summed E-state index contributed by atoms with van der Waals surface area (Å²) in [5.74, 6) is 1.02. The van der Waals surface area contributed by atoms with Crippen LogP contribution in [0.15, 0.2) is 36.4 Å². The number of nitrogens with one attached hydrogen (secondary N) is 1. The Morgan fingerprint density at radius 3 is 2.30 bits per heavy atom. The average molecular weight is 450 g/mol. The Morgan fingerprint density at radius 1 is 1.09 bits per heavy atom. The molecule has 33 heavy (non-hydrogen) atoms. The molecule has 2 aromatic rings. The number of carbonyl (C=O) groups excluding carboxylic acids is 1. The van der Waals surface area contributed by atoms with Gasteiger partial charge in [-0.2, -0.15) is 0 Å². The van der Waals surface area contributed by atoms with E-state index >= 15 is 0 Å². The molecular weight excluding hydrogens is 410 g/mol. The summed E-state index contributed by atoms with van der Waals surface area (Å²) in [6.07, 6.45) is 4.40. The zero-order valence-corrected chi connectivity index (χ0v) is 21.5. The van der Waals surface area contributed by atoms with E-state index in [-0.39, 0.29) is 17.5 Å². The van der Waals surface area contributed by atoms with E-state index in [1.165, 1.54) is 22.3 Å². The summed E-state index contributed by atoms with van der Waals surface area (Å²) in [6, 6.07) is 9.70. The lowest BCUT2D eigenvalue weighted by molar-refractivity contribution is 0.0526. The largest absolute Gasteiger partial charge is 0.489 e. The maximum absolute atomic E-state index is 12.0. The summed E-state index contributed by atoms with van der Waals surface area (Å²) < 4.78 is 11.5. The Hall–Kier alpha value is -2.75. The summed E-state index contributed by atoms with van der Waals surface area (Å²) in [6.45, 7) is 17.7. The molecule has 0 aromatic heterocycles. The number of hydrogen-bond donors (Lipinski definition) is 1. The molecule has 0 bridgehead atoms. The molecular formula is C29H39NO3. The molecule has 4 heteroatoms. The van der Waals surface area contributed by atoms with Crippen LogP contribution in [0.25, 0.3) is 5.57 Å². The summed E-state index contributed by atoms with van der Waals surface area (Å²) in [5.41, 5.74) is 7.95. The molecule has 0 saturated carbocycles.